The van der Waals surface area contributed by atoms with E-state index < -0.39 is 5.91 Å². The van der Waals surface area contributed by atoms with Gasteiger partial charge in [0.2, 0.25) is 11.8 Å². The van der Waals surface area contributed by atoms with E-state index >= 15 is 0 Å². The topological polar surface area (TPSA) is 96.1 Å². The summed E-state index contributed by atoms with van der Waals surface area (Å²) in [4.78, 5) is 24.2. The molecule has 2 N–H and O–H groups in total. The van der Waals surface area contributed by atoms with E-state index in [0.29, 0.717) is 11.9 Å². The van der Waals surface area contributed by atoms with Gasteiger partial charge in [-0.15, -0.1) is 10.2 Å². The number of aromatic nitrogens is 1. The monoisotopic (exact) mass is 440 g/mol. The Kier molecular flexibility index (Phi) is 6.90. The third-order valence-electron chi connectivity index (χ3n) is 5.29. The van der Waals surface area contributed by atoms with Crippen LogP contribution in [0.4, 0.5) is 5.69 Å². The number of fused-ring (bicyclic) bond motifs is 1. The van der Waals surface area contributed by atoms with E-state index in [1.54, 1.807) is 4.57 Å². The summed E-state index contributed by atoms with van der Waals surface area (Å²) in [5.74, 6) is -0.918. The molecule has 0 unspecified atom stereocenters. The Morgan fingerprint density at radius 1 is 0.848 bits per heavy atom. The predicted octanol–water partition coefficient (Wildman–Crippen LogP) is 4.56. The zero-order valence-electron chi connectivity index (χ0n) is 18.0. The Morgan fingerprint density at radius 3 is 2.21 bits per heavy atom. The fourth-order valence-corrected chi connectivity index (χ4v) is 3.64. The van der Waals surface area contributed by atoms with Crippen LogP contribution in [0.3, 0.4) is 0 Å². The average Bonchev–Trinajstić information content (AvgIpc) is 3.12. The number of amides is 2. The molecule has 0 aliphatic carbocycles. The van der Waals surface area contributed by atoms with E-state index in [0.717, 1.165) is 23.1 Å². The van der Waals surface area contributed by atoms with Gasteiger partial charge >= 0.3 is 0 Å². The van der Waals surface area contributed by atoms with Gasteiger partial charge in [-0.05, 0) is 23.6 Å². The van der Waals surface area contributed by atoms with Gasteiger partial charge in [0.15, 0.2) is 5.69 Å². The summed E-state index contributed by atoms with van der Waals surface area (Å²) in [6.45, 7) is 0.290. The number of carbonyl (C=O) groups excluding carboxylic acids is 2. The lowest BCUT2D eigenvalue weighted by Crippen LogP contribution is -2.29. The number of azo groups is 1. The number of rotatable bonds is 8. The average molecular weight is 441 g/mol. The number of nitrogens with one attached hydrogen (secondary N) is 1. The van der Waals surface area contributed by atoms with Crippen LogP contribution in [-0.4, -0.2) is 28.0 Å². The Morgan fingerprint density at radius 2 is 1.48 bits per heavy atom. The molecule has 166 valence electrons. The van der Waals surface area contributed by atoms with E-state index in [1.807, 2.05) is 84.9 Å². The first-order chi connectivity index (χ1) is 16.1. The molecule has 3 aromatic carbocycles. The molecule has 33 heavy (non-hydrogen) atoms. The van der Waals surface area contributed by atoms with Crippen molar-refractivity contribution < 1.29 is 14.7 Å². The number of carbonyl (C=O) groups is 2. The lowest BCUT2D eigenvalue weighted by atomic mass is 10.1. The zero-order valence-corrected chi connectivity index (χ0v) is 18.0. The molecular weight excluding hydrogens is 416 g/mol. The maximum Gasteiger partial charge on any atom is 0.283 e. The van der Waals surface area contributed by atoms with Gasteiger partial charge in [-0.1, -0.05) is 78.9 Å². The number of hydrogen-bond donors (Lipinski definition) is 2. The Hall–Kier alpha value is -4.26. The maximum absolute atomic E-state index is 12.2. The third kappa shape index (κ3) is 5.51. The summed E-state index contributed by atoms with van der Waals surface area (Å²) < 4.78 is 1.77. The highest BCUT2D eigenvalue weighted by atomic mass is 16.3. The number of para-hydroxylation sites is 1. The molecule has 2 amide bonds. The molecule has 0 bridgehead atoms. The van der Waals surface area contributed by atoms with Crippen molar-refractivity contribution in [2.45, 2.75) is 19.4 Å². The van der Waals surface area contributed by atoms with Crippen LogP contribution in [0, 0.1) is 0 Å². The van der Waals surface area contributed by atoms with Crippen LogP contribution in [0.5, 0.6) is 5.88 Å². The molecule has 0 aliphatic heterocycles. The van der Waals surface area contributed by atoms with Crippen molar-refractivity contribution in [3.63, 3.8) is 0 Å². The normalized spacial score (nSPS) is 11.2. The van der Waals surface area contributed by atoms with Gasteiger partial charge in [0.25, 0.3) is 5.91 Å². The summed E-state index contributed by atoms with van der Waals surface area (Å²) in [6.07, 6.45) is 0.914. The number of nitrogens with zero attached hydrogens (tertiary/aromatic N) is 3. The second kappa shape index (κ2) is 10.4. The lowest BCUT2D eigenvalue weighted by Gasteiger charge is -2.07. The van der Waals surface area contributed by atoms with Gasteiger partial charge < -0.3 is 15.0 Å². The molecule has 7 heteroatoms. The lowest BCUT2D eigenvalue weighted by molar-refractivity contribution is -0.124. The standard InChI is InChI=1S/C26H24N4O3/c31-23(17-20-11-5-2-6-12-20)27-18-24(32)28-29-25-21-13-7-8-14-22(21)30(26(25)33)16-15-19-9-3-1-4-10-19/h1-14,33H,15-18H2,(H,27,31). The largest absolute Gasteiger partial charge is 0.493 e. The highest BCUT2D eigenvalue weighted by Gasteiger charge is 2.17. The molecule has 0 atom stereocenters. The molecule has 0 saturated carbocycles. The highest BCUT2D eigenvalue weighted by molar-refractivity contribution is 5.95. The van der Waals surface area contributed by atoms with Crippen molar-refractivity contribution in [1.29, 1.82) is 0 Å². The minimum atomic E-state index is -0.600. The van der Waals surface area contributed by atoms with E-state index in [-0.39, 0.29) is 30.4 Å². The molecule has 0 radical (unpaired) electrons. The smallest absolute Gasteiger partial charge is 0.283 e. The first-order valence-corrected chi connectivity index (χ1v) is 10.7. The van der Waals surface area contributed by atoms with Crippen molar-refractivity contribution in [3.05, 3.63) is 96.1 Å². The number of benzene rings is 3. The first-order valence-electron chi connectivity index (χ1n) is 10.7. The summed E-state index contributed by atoms with van der Waals surface area (Å²) in [5, 5.41) is 21.8. The van der Waals surface area contributed by atoms with Crippen LogP contribution < -0.4 is 5.32 Å². The van der Waals surface area contributed by atoms with Gasteiger partial charge in [0.1, 0.15) is 6.54 Å². The maximum atomic E-state index is 12.2. The Labute approximate surface area is 191 Å². The molecule has 1 heterocycles. The number of hydrogen-bond acceptors (Lipinski definition) is 4. The summed E-state index contributed by atoms with van der Waals surface area (Å²) in [5.41, 5.74) is 3.06. The van der Waals surface area contributed by atoms with Crippen molar-refractivity contribution in [2.24, 2.45) is 10.2 Å². The van der Waals surface area contributed by atoms with Crippen LogP contribution in [0.25, 0.3) is 10.9 Å². The zero-order chi connectivity index (χ0) is 23.0. The predicted molar refractivity (Wildman–Crippen MR) is 126 cm³/mol. The van der Waals surface area contributed by atoms with E-state index in [9.17, 15) is 14.7 Å². The molecule has 0 saturated heterocycles. The van der Waals surface area contributed by atoms with Crippen molar-refractivity contribution in [2.75, 3.05) is 6.54 Å². The number of aryl methyl sites for hydroxylation is 2. The van der Waals surface area contributed by atoms with Gasteiger partial charge in [-0.3, -0.25) is 9.59 Å². The number of aromatic hydroxyl groups is 1. The Balaban J connectivity index is 1.43. The summed E-state index contributed by atoms with van der Waals surface area (Å²) in [6, 6.07) is 26.7. The first kappa shape index (κ1) is 22.0. The second-order valence-corrected chi connectivity index (χ2v) is 7.61. The third-order valence-corrected chi connectivity index (χ3v) is 5.29. The fraction of sp³-hybridized carbons (Fsp3) is 0.154. The Bertz CT molecular complexity index is 1280. The second-order valence-electron chi connectivity index (χ2n) is 7.61. The van der Waals surface area contributed by atoms with E-state index in [4.69, 9.17) is 0 Å². The van der Waals surface area contributed by atoms with Gasteiger partial charge in [0.05, 0.1) is 11.9 Å². The van der Waals surface area contributed by atoms with Crippen molar-refractivity contribution in [1.82, 2.24) is 9.88 Å². The van der Waals surface area contributed by atoms with Crippen LogP contribution in [-0.2, 0) is 29.0 Å². The van der Waals surface area contributed by atoms with Gasteiger partial charge in [-0.25, -0.2) is 0 Å². The van der Waals surface area contributed by atoms with E-state index in [2.05, 4.69) is 15.5 Å². The summed E-state index contributed by atoms with van der Waals surface area (Å²) >= 11 is 0. The molecule has 0 aliphatic rings. The SMILES string of the molecule is O=C(CNC(=O)Cc1ccccc1)N=Nc1c(O)n(CCc2ccccc2)c2ccccc12. The van der Waals surface area contributed by atoms with Gasteiger partial charge in [-0.2, -0.15) is 0 Å². The molecule has 7 nitrogen and oxygen atoms in total. The van der Waals surface area contributed by atoms with Crippen LogP contribution >= 0.6 is 0 Å². The minimum absolute atomic E-state index is 0.0446. The van der Waals surface area contributed by atoms with Gasteiger partial charge in [0, 0.05) is 11.9 Å². The molecular formula is C26H24N4O3. The molecule has 4 rings (SSSR count). The van der Waals surface area contributed by atoms with Crippen LogP contribution in [0.15, 0.2) is 95.2 Å². The van der Waals surface area contributed by atoms with Crippen molar-refractivity contribution in [3.8, 4) is 5.88 Å². The van der Waals surface area contributed by atoms with E-state index in [1.165, 1.54) is 0 Å². The molecule has 1 aromatic heterocycles. The minimum Gasteiger partial charge on any atom is -0.493 e. The summed E-state index contributed by atoms with van der Waals surface area (Å²) in [7, 11) is 0. The van der Waals surface area contributed by atoms with Crippen molar-refractivity contribution >= 4 is 28.4 Å². The molecule has 4 aromatic rings. The van der Waals surface area contributed by atoms with Crippen LogP contribution in [0.1, 0.15) is 11.1 Å². The molecule has 0 fully saturated rings. The fourth-order valence-electron chi connectivity index (χ4n) is 3.64. The highest BCUT2D eigenvalue weighted by Crippen LogP contribution is 2.38. The molecule has 0 spiro atoms. The van der Waals surface area contributed by atoms with Crippen LogP contribution in [0.2, 0.25) is 0 Å². The quantitative estimate of drug-likeness (QED) is 0.393.